The van der Waals surface area contributed by atoms with Crippen molar-refractivity contribution in [1.82, 2.24) is 14.5 Å². The second-order valence-electron chi connectivity index (χ2n) is 4.20. The summed E-state index contributed by atoms with van der Waals surface area (Å²) in [5.41, 5.74) is 3.98. The maximum absolute atomic E-state index is 6.24. The van der Waals surface area contributed by atoms with Gasteiger partial charge in [-0.2, -0.15) is 11.3 Å². The molecule has 0 fully saturated rings. The van der Waals surface area contributed by atoms with Crippen LogP contribution in [0, 0.1) is 6.92 Å². The van der Waals surface area contributed by atoms with Crippen LogP contribution in [0.15, 0.2) is 29.1 Å². The Kier molecular flexibility index (Phi) is 2.84. The zero-order valence-electron chi connectivity index (χ0n) is 10.1. The quantitative estimate of drug-likeness (QED) is 0.661. The molecule has 0 saturated carbocycles. The molecule has 1 unspecified atom stereocenters. The van der Waals surface area contributed by atoms with Gasteiger partial charge < -0.3 is 0 Å². The lowest BCUT2D eigenvalue weighted by Crippen LogP contribution is -2.01. The van der Waals surface area contributed by atoms with E-state index in [2.05, 4.69) is 21.4 Å². The lowest BCUT2D eigenvalue weighted by atomic mass is 10.3. The number of thiophene rings is 1. The molecular weight excluding hydrogens is 266 g/mol. The minimum atomic E-state index is -0.154. The van der Waals surface area contributed by atoms with Gasteiger partial charge in [-0.05, 0) is 36.9 Å². The number of hydrogen-bond acceptors (Lipinski definition) is 3. The van der Waals surface area contributed by atoms with Crippen LogP contribution in [-0.4, -0.2) is 14.5 Å². The fraction of sp³-hybridized carbons (Fsp3) is 0.231. The molecule has 3 nitrogen and oxygen atoms in total. The molecular formula is C13H12ClN3S. The lowest BCUT2D eigenvalue weighted by Gasteiger charge is -2.07. The van der Waals surface area contributed by atoms with Gasteiger partial charge in [0.05, 0.1) is 11.1 Å². The minimum Gasteiger partial charge on any atom is -0.279 e. The van der Waals surface area contributed by atoms with Crippen LogP contribution in [0.1, 0.15) is 23.7 Å². The number of nitrogens with zero attached hydrogens (tertiary/aromatic N) is 3. The van der Waals surface area contributed by atoms with Crippen LogP contribution in [0.3, 0.4) is 0 Å². The zero-order chi connectivity index (χ0) is 12.7. The first-order valence-corrected chi connectivity index (χ1v) is 7.07. The van der Waals surface area contributed by atoms with Gasteiger partial charge in [-0.25, -0.2) is 9.97 Å². The van der Waals surface area contributed by atoms with E-state index in [1.54, 1.807) is 11.3 Å². The summed E-state index contributed by atoms with van der Waals surface area (Å²) in [5.74, 6) is 0.840. The van der Waals surface area contributed by atoms with Gasteiger partial charge in [-0.3, -0.25) is 4.57 Å². The van der Waals surface area contributed by atoms with Crippen LogP contribution >= 0.6 is 22.9 Å². The largest absolute Gasteiger partial charge is 0.279 e. The molecule has 3 aromatic heterocycles. The van der Waals surface area contributed by atoms with Crippen LogP contribution in [0.4, 0.5) is 0 Å². The standard InChI is InChI=1S/C13H12ClN3S/c1-8-3-5-15-13-11(8)16-12(9(2)14)17(13)10-4-6-18-7-10/h3-7,9H,1-2H3. The third kappa shape index (κ3) is 1.72. The van der Waals surface area contributed by atoms with Crippen molar-refractivity contribution in [2.45, 2.75) is 19.2 Å². The molecule has 3 heterocycles. The normalized spacial score (nSPS) is 13.1. The first-order valence-electron chi connectivity index (χ1n) is 5.69. The van der Waals surface area contributed by atoms with Crippen molar-refractivity contribution in [2.75, 3.05) is 0 Å². The van der Waals surface area contributed by atoms with E-state index in [9.17, 15) is 0 Å². The van der Waals surface area contributed by atoms with Gasteiger partial charge in [0.25, 0.3) is 0 Å². The van der Waals surface area contributed by atoms with Gasteiger partial charge in [0, 0.05) is 11.6 Å². The number of rotatable bonds is 2. The fourth-order valence-electron chi connectivity index (χ4n) is 2.02. The summed E-state index contributed by atoms with van der Waals surface area (Å²) in [6.45, 7) is 3.97. The SMILES string of the molecule is Cc1ccnc2c1nc(C(C)Cl)n2-c1ccsc1. The summed E-state index contributed by atoms with van der Waals surface area (Å²) in [6, 6.07) is 4.02. The highest BCUT2D eigenvalue weighted by Gasteiger charge is 2.18. The average Bonchev–Trinajstić information content (AvgIpc) is 2.94. The summed E-state index contributed by atoms with van der Waals surface area (Å²) in [4.78, 5) is 9.09. The first-order chi connectivity index (χ1) is 8.68. The van der Waals surface area contributed by atoms with Crippen molar-refractivity contribution in [3.05, 3.63) is 40.5 Å². The van der Waals surface area contributed by atoms with Gasteiger partial charge in [0.1, 0.15) is 11.3 Å². The van der Waals surface area contributed by atoms with Crippen molar-refractivity contribution in [1.29, 1.82) is 0 Å². The molecule has 0 spiro atoms. The Morgan fingerprint density at radius 1 is 1.39 bits per heavy atom. The first kappa shape index (κ1) is 11.7. The molecule has 1 atom stereocenters. The molecule has 0 amide bonds. The van der Waals surface area contributed by atoms with Crippen molar-refractivity contribution >= 4 is 34.1 Å². The molecule has 0 aliphatic heterocycles. The number of alkyl halides is 1. The monoisotopic (exact) mass is 277 g/mol. The molecule has 18 heavy (non-hydrogen) atoms. The smallest absolute Gasteiger partial charge is 0.165 e. The molecule has 92 valence electrons. The molecule has 0 radical (unpaired) electrons. The van der Waals surface area contributed by atoms with Gasteiger partial charge >= 0.3 is 0 Å². The van der Waals surface area contributed by atoms with Crippen LogP contribution in [0.5, 0.6) is 0 Å². The van der Waals surface area contributed by atoms with Gasteiger partial charge in [0.15, 0.2) is 5.65 Å². The minimum absolute atomic E-state index is 0.154. The van der Waals surface area contributed by atoms with E-state index >= 15 is 0 Å². The summed E-state index contributed by atoms with van der Waals surface area (Å²) in [5, 5.41) is 3.96. The summed E-state index contributed by atoms with van der Waals surface area (Å²) in [7, 11) is 0. The Labute approximate surface area is 114 Å². The number of pyridine rings is 1. The number of aromatic nitrogens is 3. The number of halogens is 1. The zero-order valence-corrected chi connectivity index (χ0v) is 11.7. The molecule has 0 saturated heterocycles. The van der Waals surface area contributed by atoms with E-state index in [4.69, 9.17) is 11.6 Å². The van der Waals surface area contributed by atoms with E-state index in [1.165, 1.54) is 0 Å². The Hall–Kier alpha value is -1.39. The number of aryl methyl sites for hydroxylation is 1. The van der Waals surface area contributed by atoms with Crippen LogP contribution in [0.25, 0.3) is 16.9 Å². The predicted molar refractivity (Wildman–Crippen MR) is 75.7 cm³/mol. The fourth-order valence-corrected chi connectivity index (χ4v) is 2.78. The number of fused-ring (bicyclic) bond motifs is 1. The molecule has 5 heteroatoms. The Morgan fingerprint density at radius 3 is 2.89 bits per heavy atom. The number of imidazole rings is 1. The Balaban J connectivity index is 2.40. The highest BCUT2D eigenvalue weighted by atomic mass is 35.5. The van der Waals surface area contributed by atoms with Gasteiger partial charge in [0.2, 0.25) is 0 Å². The summed E-state index contributed by atoms with van der Waals surface area (Å²) in [6.07, 6.45) is 1.81. The van der Waals surface area contributed by atoms with E-state index in [0.717, 1.165) is 28.2 Å². The number of hydrogen-bond donors (Lipinski definition) is 0. The lowest BCUT2D eigenvalue weighted by molar-refractivity contribution is 0.879. The average molecular weight is 278 g/mol. The predicted octanol–water partition coefficient (Wildman–Crippen LogP) is 4.09. The molecule has 0 aliphatic carbocycles. The van der Waals surface area contributed by atoms with Crippen LogP contribution in [-0.2, 0) is 0 Å². The molecule has 3 aromatic rings. The van der Waals surface area contributed by atoms with Gasteiger partial charge in [-0.1, -0.05) is 0 Å². The van der Waals surface area contributed by atoms with E-state index in [-0.39, 0.29) is 5.38 Å². The topological polar surface area (TPSA) is 30.7 Å². The van der Waals surface area contributed by atoms with Gasteiger partial charge in [-0.15, -0.1) is 11.6 Å². The van der Waals surface area contributed by atoms with E-state index < -0.39 is 0 Å². The highest BCUT2D eigenvalue weighted by Crippen LogP contribution is 2.29. The summed E-state index contributed by atoms with van der Waals surface area (Å²) >= 11 is 7.89. The third-order valence-corrected chi connectivity index (χ3v) is 3.76. The third-order valence-electron chi connectivity index (χ3n) is 2.89. The van der Waals surface area contributed by atoms with E-state index in [0.29, 0.717) is 0 Å². The molecule has 3 rings (SSSR count). The summed E-state index contributed by atoms with van der Waals surface area (Å²) < 4.78 is 2.04. The maximum atomic E-state index is 6.24. The molecule has 0 aliphatic rings. The van der Waals surface area contributed by atoms with Crippen LogP contribution in [0.2, 0.25) is 0 Å². The molecule has 0 bridgehead atoms. The Morgan fingerprint density at radius 2 is 2.22 bits per heavy atom. The molecule has 0 N–H and O–H groups in total. The Bertz CT molecular complexity index is 686. The molecule has 0 aromatic carbocycles. The van der Waals surface area contributed by atoms with E-state index in [1.807, 2.05) is 36.1 Å². The van der Waals surface area contributed by atoms with Crippen molar-refractivity contribution in [3.8, 4) is 5.69 Å². The van der Waals surface area contributed by atoms with Crippen molar-refractivity contribution in [3.63, 3.8) is 0 Å². The second-order valence-corrected chi connectivity index (χ2v) is 5.64. The van der Waals surface area contributed by atoms with Crippen molar-refractivity contribution in [2.24, 2.45) is 0 Å². The highest BCUT2D eigenvalue weighted by molar-refractivity contribution is 7.08. The maximum Gasteiger partial charge on any atom is 0.165 e. The van der Waals surface area contributed by atoms with Crippen LogP contribution < -0.4 is 0 Å². The second kappa shape index (κ2) is 4.37. The van der Waals surface area contributed by atoms with Crippen molar-refractivity contribution < 1.29 is 0 Å².